The number of pyridine rings is 1. The monoisotopic (exact) mass is 237 g/mol. The number of hydrogen-bond donors (Lipinski definition) is 2. The highest BCUT2D eigenvalue weighted by Gasteiger charge is 2.19. The molecule has 4 nitrogen and oxygen atoms in total. The standard InChI is InChI=1S/C12H16FN3O/c13-10-6-4-7-11(15-10)16-12(17)9-5-2-1-3-8-14-9/h4,6-7,9,14H,1-3,5,8H2,(H,15,16,17). The Morgan fingerprint density at radius 3 is 3.12 bits per heavy atom. The van der Waals surface area contributed by atoms with E-state index in [9.17, 15) is 9.18 Å². The van der Waals surface area contributed by atoms with E-state index < -0.39 is 5.95 Å². The second-order valence-electron chi connectivity index (χ2n) is 4.19. The lowest BCUT2D eigenvalue weighted by molar-refractivity contribution is -0.118. The summed E-state index contributed by atoms with van der Waals surface area (Å²) in [7, 11) is 0. The van der Waals surface area contributed by atoms with Crippen molar-refractivity contribution in [2.45, 2.75) is 31.7 Å². The topological polar surface area (TPSA) is 54.0 Å². The summed E-state index contributed by atoms with van der Waals surface area (Å²) in [4.78, 5) is 15.5. The van der Waals surface area contributed by atoms with Crippen molar-refractivity contribution >= 4 is 11.7 Å². The summed E-state index contributed by atoms with van der Waals surface area (Å²) in [5.74, 6) is -0.456. The number of rotatable bonds is 2. The second-order valence-corrected chi connectivity index (χ2v) is 4.19. The highest BCUT2D eigenvalue weighted by atomic mass is 19.1. The van der Waals surface area contributed by atoms with Gasteiger partial charge in [-0.15, -0.1) is 0 Å². The van der Waals surface area contributed by atoms with Crippen LogP contribution in [0.5, 0.6) is 0 Å². The normalized spacial score (nSPS) is 20.6. The van der Waals surface area contributed by atoms with Crippen LogP contribution in [0.3, 0.4) is 0 Å². The smallest absolute Gasteiger partial charge is 0.242 e. The van der Waals surface area contributed by atoms with Gasteiger partial charge in [-0.25, -0.2) is 4.98 Å². The molecule has 1 amide bonds. The Balaban J connectivity index is 1.95. The van der Waals surface area contributed by atoms with Gasteiger partial charge >= 0.3 is 0 Å². The molecule has 0 saturated carbocycles. The third kappa shape index (κ3) is 3.49. The molecule has 17 heavy (non-hydrogen) atoms. The molecule has 0 radical (unpaired) electrons. The minimum Gasteiger partial charge on any atom is -0.309 e. The van der Waals surface area contributed by atoms with Crippen LogP contribution in [0.25, 0.3) is 0 Å². The van der Waals surface area contributed by atoms with E-state index in [1.807, 2.05) is 0 Å². The largest absolute Gasteiger partial charge is 0.309 e. The Bertz CT molecular complexity index is 389. The summed E-state index contributed by atoms with van der Waals surface area (Å²) < 4.78 is 12.8. The van der Waals surface area contributed by atoms with Gasteiger partial charge in [-0.1, -0.05) is 18.9 Å². The summed E-state index contributed by atoms with van der Waals surface area (Å²) in [6, 6.07) is 4.16. The molecule has 1 unspecified atom stereocenters. The van der Waals surface area contributed by atoms with Crippen molar-refractivity contribution in [1.82, 2.24) is 10.3 Å². The second kappa shape index (κ2) is 5.72. The van der Waals surface area contributed by atoms with Crippen LogP contribution in [-0.2, 0) is 4.79 Å². The van der Waals surface area contributed by atoms with Crippen LogP contribution in [0.4, 0.5) is 10.2 Å². The number of aromatic nitrogens is 1. The van der Waals surface area contributed by atoms with Gasteiger partial charge in [0.05, 0.1) is 6.04 Å². The van der Waals surface area contributed by atoms with E-state index in [1.165, 1.54) is 12.1 Å². The average molecular weight is 237 g/mol. The van der Waals surface area contributed by atoms with Crippen molar-refractivity contribution < 1.29 is 9.18 Å². The van der Waals surface area contributed by atoms with E-state index in [0.717, 1.165) is 32.2 Å². The van der Waals surface area contributed by atoms with Crippen LogP contribution in [0, 0.1) is 5.95 Å². The fraction of sp³-hybridized carbons (Fsp3) is 0.500. The summed E-state index contributed by atoms with van der Waals surface area (Å²) >= 11 is 0. The van der Waals surface area contributed by atoms with E-state index >= 15 is 0 Å². The van der Waals surface area contributed by atoms with Gasteiger partial charge in [-0.2, -0.15) is 4.39 Å². The zero-order valence-corrected chi connectivity index (χ0v) is 9.58. The number of carbonyl (C=O) groups is 1. The van der Waals surface area contributed by atoms with Crippen LogP contribution in [0.1, 0.15) is 25.7 Å². The molecule has 1 aliphatic heterocycles. The third-order valence-corrected chi connectivity index (χ3v) is 2.84. The molecule has 0 aliphatic carbocycles. The number of nitrogens with zero attached hydrogens (tertiary/aromatic N) is 1. The van der Waals surface area contributed by atoms with Gasteiger partial charge in [0.1, 0.15) is 5.82 Å². The Morgan fingerprint density at radius 2 is 2.29 bits per heavy atom. The quantitative estimate of drug-likeness (QED) is 0.770. The lowest BCUT2D eigenvalue weighted by Crippen LogP contribution is -2.40. The van der Waals surface area contributed by atoms with Gasteiger partial charge in [-0.05, 0) is 31.5 Å². The van der Waals surface area contributed by atoms with Crippen LogP contribution < -0.4 is 10.6 Å². The van der Waals surface area contributed by atoms with E-state index in [1.54, 1.807) is 6.07 Å². The number of hydrogen-bond acceptors (Lipinski definition) is 3. The van der Waals surface area contributed by atoms with Gasteiger partial charge in [0.15, 0.2) is 0 Å². The Morgan fingerprint density at radius 1 is 1.41 bits per heavy atom. The molecule has 0 spiro atoms. The van der Waals surface area contributed by atoms with Gasteiger partial charge in [-0.3, -0.25) is 4.79 Å². The molecule has 0 bridgehead atoms. The molecule has 1 fully saturated rings. The molecule has 1 aromatic heterocycles. The van der Waals surface area contributed by atoms with Crippen molar-refractivity contribution in [3.8, 4) is 0 Å². The maximum Gasteiger partial charge on any atom is 0.242 e. The van der Waals surface area contributed by atoms with Crippen molar-refractivity contribution in [2.24, 2.45) is 0 Å². The minimum absolute atomic E-state index is 0.134. The molecule has 2 heterocycles. The third-order valence-electron chi connectivity index (χ3n) is 2.84. The van der Waals surface area contributed by atoms with Crippen LogP contribution in [-0.4, -0.2) is 23.5 Å². The Hall–Kier alpha value is -1.49. The first-order valence-corrected chi connectivity index (χ1v) is 5.92. The summed E-state index contributed by atoms with van der Waals surface area (Å²) in [6.07, 6.45) is 4.11. The van der Waals surface area contributed by atoms with E-state index in [2.05, 4.69) is 15.6 Å². The first-order chi connectivity index (χ1) is 8.25. The molecular formula is C12H16FN3O. The Kier molecular flexibility index (Phi) is 4.03. The molecule has 5 heteroatoms. The number of amides is 1. The van der Waals surface area contributed by atoms with Gasteiger partial charge < -0.3 is 10.6 Å². The van der Waals surface area contributed by atoms with E-state index in [0.29, 0.717) is 0 Å². The molecule has 1 aliphatic rings. The fourth-order valence-electron chi connectivity index (χ4n) is 1.94. The molecule has 0 aromatic carbocycles. The van der Waals surface area contributed by atoms with Crippen LogP contribution >= 0.6 is 0 Å². The van der Waals surface area contributed by atoms with Crippen molar-refractivity contribution in [2.75, 3.05) is 11.9 Å². The fourth-order valence-corrected chi connectivity index (χ4v) is 1.94. The minimum atomic E-state index is -0.586. The lowest BCUT2D eigenvalue weighted by atomic mass is 10.1. The first kappa shape index (κ1) is 12.0. The summed E-state index contributed by atoms with van der Waals surface area (Å²) in [5.41, 5.74) is 0. The lowest BCUT2D eigenvalue weighted by Gasteiger charge is -2.14. The zero-order chi connectivity index (χ0) is 12.1. The summed E-state index contributed by atoms with van der Waals surface area (Å²) in [5, 5.41) is 5.81. The van der Waals surface area contributed by atoms with Crippen molar-refractivity contribution in [3.05, 3.63) is 24.1 Å². The molecule has 1 aromatic rings. The predicted molar refractivity (Wildman–Crippen MR) is 63.1 cm³/mol. The van der Waals surface area contributed by atoms with Crippen molar-refractivity contribution in [1.29, 1.82) is 0 Å². The molecular weight excluding hydrogens is 221 g/mol. The SMILES string of the molecule is O=C(Nc1cccc(F)n1)C1CCCCCN1. The highest BCUT2D eigenvalue weighted by molar-refractivity contribution is 5.94. The molecule has 2 N–H and O–H groups in total. The van der Waals surface area contributed by atoms with Gasteiger partial charge in [0, 0.05) is 0 Å². The number of nitrogens with one attached hydrogen (secondary N) is 2. The molecule has 2 rings (SSSR count). The Labute approximate surface area is 99.6 Å². The number of anilines is 1. The number of carbonyl (C=O) groups excluding carboxylic acids is 1. The van der Waals surface area contributed by atoms with E-state index in [-0.39, 0.29) is 17.8 Å². The summed E-state index contributed by atoms with van der Waals surface area (Å²) in [6.45, 7) is 0.856. The first-order valence-electron chi connectivity index (χ1n) is 5.92. The average Bonchev–Trinajstić information content (AvgIpc) is 2.57. The van der Waals surface area contributed by atoms with Gasteiger partial charge in [0.2, 0.25) is 11.9 Å². The maximum absolute atomic E-state index is 12.8. The molecule has 92 valence electrons. The van der Waals surface area contributed by atoms with E-state index in [4.69, 9.17) is 0 Å². The van der Waals surface area contributed by atoms with Crippen LogP contribution in [0.2, 0.25) is 0 Å². The molecule has 1 atom stereocenters. The van der Waals surface area contributed by atoms with Crippen molar-refractivity contribution in [3.63, 3.8) is 0 Å². The zero-order valence-electron chi connectivity index (χ0n) is 9.58. The maximum atomic E-state index is 12.8. The van der Waals surface area contributed by atoms with Crippen LogP contribution in [0.15, 0.2) is 18.2 Å². The van der Waals surface area contributed by atoms with Gasteiger partial charge in [0.25, 0.3) is 0 Å². The number of halogens is 1. The molecule has 1 saturated heterocycles. The highest BCUT2D eigenvalue weighted by Crippen LogP contribution is 2.11. The predicted octanol–water partition coefficient (Wildman–Crippen LogP) is 1.69.